The lowest BCUT2D eigenvalue weighted by atomic mass is 10.1. The van der Waals surface area contributed by atoms with Crippen molar-refractivity contribution in [2.75, 3.05) is 11.9 Å². The molecule has 1 atom stereocenters. The molecule has 1 N–H and O–H groups in total. The molecule has 3 aromatic rings. The summed E-state index contributed by atoms with van der Waals surface area (Å²) in [5.74, 6) is 0.768. The lowest BCUT2D eigenvalue weighted by Crippen LogP contribution is -2.42. The highest BCUT2D eigenvalue weighted by atomic mass is 32.1. The van der Waals surface area contributed by atoms with Gasteiger partial charge in [-0.3, -0.25) is 9.69 Å². The van der Waals surface area contributed by atoms with Gasteiger partial charge in [0.2, 0.25) is 11.8 Å². The number of carbonyl (C=O) groups is 1. The van der Waals surface area contributed by atoms with Gasteiger partial charge in [0.15, 0.2) is 0 Å². The van der Waals surface area contributed by atoms with Crippen molar-refractivity contribution in [3.63, 3.8) is 0 Å². The third-order valence-corrected chi connectivity index (χ3v) is 5.14. The average molecular weight is 395 g/mol. The van der Waals surface area contributed by atoms with Crippen LogP contribution in [0.2, 0.25) is 0 Å². The lowest BCUT2D eigenvalue weighted by molar-refractivity contribution is -0.121. The van der Waals surface area contributed by atoms with Crippen LogP contribution in [0.5, 0.6) is 0 Å². The number of nitrogens with zero attached hydrogens (tertiary/aromatic N) is 4. The summed E-state index contributed by atoms with van der Waals surface area (Å²) >= 11 is 1.53. The Labute approximate surface area is 167 Å². The maximum atomic E-state index is 12.8. The monoisotopic (exact) mass is 395 g/mol. The molecule has 0 bridgehead atoms. The highest BCUT2D eigenvalue weighted by Gasteiger charge is 2.24. The first-order valence-electron chi connectivity index (χ1n) is 9.02. The van der Waals surface area contributed by atoms with E-state index in [1.165, 1.54) is 11.3 Å². The van der Waals surface area contributed by atoms with Crippen LogP contribution in [0.1, 0.15) is 31.7 Å². The minimum Gasteiger partial charge on any atom is -0.419 e. The molecule has 0 aliphatic heterocycles. The summed E-state index contributed by atoms with van der Waals surface area (Å²) in [6.45, 7) is 4.95. The van der Waals surface area contributed by atoms with E-state index in [0.29, 0.717) is 36.1 Å². The molecule has 7 nitrogen and oxygen atoms in total. The van der Waals surface area contributed by atoms with Crippen molar-refractivity contribution < 1.29 is 9.21 Å². The highest BCUT2D eigenvalue weighted by Crippen LogP contribution is 2.23. The van der Waals surface area contributed by atoms with Gasteiger partial charge in [0, 0.05) is 0 Å². The maximum Gasteiger partial charge on any atom is 0.257 e. The molecule has 0 aliphatic carbocycles. The molecule has 2 heterocycles. The minimum absolute atomic E-state index is 0.186. The fourth-order valence-electron chi connectivity index (χ4n) is 2.78. The highest BCUT2D eigenvalue weighted by molar-refractivity contribution is 7.13. The summed E-state index contributed by atoms with van der Waals surface area (Å²) in [5.41, 5.74) is 0.943. The molecule has 2 aromatic heterocycles. The van der Waals surface area contributed by atoms with Crippen LogP contribution in [-0.4, -0.2) is 33.6 Å². The molecule has 0 fully saturated rings. The number of benzene rings is 1. The molecule has 0 aliphatic rings. The van der Waals surface area contributed by atoms with E-state index in [-0.39, 0.29) is 5.91 Å². The molecule has 3 rings (SSSR count). The van der Waals surface area contributed by atoms with Crippen LogP contribution in [0.4, 0.5) is 5.69 Å². The van der Waals surface area contributed by atoms with Crippen molar-refractivity contribution in [1.82, 2.24) is 15.1 Å². The number of thiophene rings is 1. The third-order valence-electron chi connectivity index (χ3n) is 4.28. The minimum atomic E-state index is -0.427. The first kappa shape index (κ1) is 19.7. The van der Waals surface area contributed by atoms with E-state index in [4.69, 9.17) is 4.42 Å². The molecule has 0 unspecified atom stereocenters. The fourth-order valence-corrected chi connectivity index (χ4v) is 3.42. The van der Waals surface area contributed by atoms with E-state index in [9.17, 15) is 10.1 Å². The number of nitrogens with one attached hydrogen (secondary N) is 1. The Morgan fingerprint density at radius 1 is 1.32 bits per heavy atom. The van der Waals surface area contributed by atoms with Crippen molar-refractivity contribution in [2.24, 2.45) is 0 Å². The smallest absolute Gasteiger partial charge is 0.257 e. The van der Waals surface area contributed by atoms with E-state index >= 15 is 0 Å². The summed E-state index contributed by atoms with van der Waals surface area (Å²) in [7, 11) is 0. The fraction of sp³-hybridized carbons (Fsp3) is 0.300. The zero-order valence-corrected chi connectivity index (χ0v) is 16.6. The number of amides is 1. The Bertz CT molecular complexity index is 961. The van der Waals surface area contributed by atoms with Crippen molar-refractivity contribution in [2.45, 2.75) is 32.9 Å². The van der Waals surface area contributed by atoms with E-state index in [2.05, 4.69) is 21.6 Å². The predicted molar refractivity (Wildman–Crippen MR) is 108 cm³/mol. The summed E-state index contributed by atoms with van der Waals surface area (Å²) < 4.78 is 5.76. The summed E-state index contributed by atoms with van der Waals surface area (Å²) in [6.07, 6.45) is 0.873. The zero-order valence-electron chi connectivity index (χ0n) is 15.8. The van der Waals surface area contributed by atoms with Gasteiger partial charge in [-0.1, -0.05) is 25.1 Å². The van der Waals surface area contributed by atoms with Crippen molar-refractivity contribution in [1.29, 1.82) is 5.26 Å². The standard InChI is InChI=1S/C20H21N5O2S/c1-3-10-25(13-18-23-24-20(27-18)17-9-6-11-28-17)14(2)19(26)22-16-8-5-4-7-15(16)12-21/h4-9,11,14H,3,10,13H2,1-2H3,(H,22,26)/t14-/m0/s1. The molecule has 1 amide bonds. The number of anilines is 1. The summed E-state index contributed by atoms with van der Waals surface area (Å²) in [6, 6.07) is 12.5. The molecule has 0 saturated heterocycles. The molecule has 1 aromatic carbocycles. The SMILES string of the molecule is CCCN(Cc1nnc(-c2cccs2)o1)[C@@H](C)C(=O)Nc1ccccc1C#N. The van der Waals surface area contributed by atoms with Crippen LogP contribution < -0.4 is 5.32 Å². The third kappa shape index (κ3) is 4.63. The Morgan fingerprint density at radius 3 is 2.86 bits per heavy atom. The Hall–Kier alpha value is -3.02. The van der Waals surface area contributed by atoms with Crippen molar-refractivity contribution in [3.8, 4) is 16.8 Å². The number of carbonyl (C=O) groups excluding carboxylic acids is 1. The molecule has 0 spiro atoms. The van der Waals surface area contributed by atoms with Gasteiger partial charge in [0.1, 0.15) is 6.07 Å². The van der Waals surface area contributed by atoms with E-state index in [1.807, 2.05) is 36.3 Å². The van der Waals surface area contributed by atoms with E-state index in [0.717, 1.165) is 11.3 Å². The van der Waals surface area contributed by atoms with Gasteiger partial charge >= 0.3 is 0 Å². The van der Waals surface area contributed by atoms with Crippen LogP contribution in [0, 0.1) is 11.3 Å². The van der Waals surface area contributed by atoms with Gasteiger partial charge in [0.05, 0.1) is 28.7 Å². The number of rotatable bonds is 8. The second-order valence-corrected chi connectivity index (χ2v) is 7.22. The number of hydrogen-bond donors (Lipinski definition) is 1. The molecule has 0 radical (unpaired) electrons. The van der Waals surface area contributed by atoms with Gasteiger partial charge in [0.25, 0.3) is 5.89 Å². The number of hydrogen-bond acceptors (Lipinski definition) is 7. The van der Waals surface area contributed by atoms with Gasteiger partial charge in [-0.2, -0.15) is 5.26 Å². The number of aromatic nitrogens is 2. The van der Waals surface area contributed by atoms with Crippen molar-refractivity contribution >= 4 is 22.9 Å². The molecule has 8 heteroatoms. The van der Waals surface area contributed by atoms with Crippen LogP contribution in [-0.2, 0) is 11.3 Å². The molecule has 28 heavy (non-hydrogen) atoms. The number of nitriles is 1. The normalized spacial score (nSPS) is 11.9. The van der Waals surface area contributed by atoms with Crippen LogP contribution >= 0.6 is 11.3 Å². The summed E-state index contributed by atoms with van der Waals surface area (Å²) in [4.78, 5) is 15.7. The maximum absolute atomic E-state index is 12.8. The second kappa shape index (κ2) is 9.26. The van der Waals surface area contributed by atoms with Gasteiger partial charge in [-0.25, -0.2) is 0 Å². The van der Waals surface area contributed by atoms with E-state index in [1.54, 1.807) is 24.3 Å². The Morgan fingerprint density at radius 2 is 2.14 bits per heavy atom. The van der Waals surface area contributed by atoms with E-state index < -0.39 is 6.04 Å². The number of para-hydroxylation sites is 1. The van der Waals surface area contributed by atoms with Gasteiger partial charge in [-0.15, -0.1) is 21.5 Å². The first-order valence-corrected chi connectivity index (χ1v) is 9.90. The van der Waals surface area contributed by atoms with Crippen LogP contribution in [0.25, 0.3) is 10.8 Å². The van der Waals surface area contributed by atoms with Gasteiger partial charge < -0.3 is 9.73 Å². The van der Waals surface area contributed by atoms with Crippen LogP contribution in [0.15, 0.2) is 46.2 Å². The second-order valence-electron chi connectivity index (χ2n) is 6.27. The van der Waals surface area contributed by atoms with Gasteiger partial charge in [-0.05, 0) is 43.5 Å². The van der Waals surface area contributed by atoms with Crippen LogP contribution in [0.3, 0.4) is 0 Å². The largest absolute Gasteiger partial charge is 0.419 e. The quantitative estimate of drug-likeness (QED) is 0.621. The first-order chi connectivity index (χ1) is 13.6. The Balaban J connectivity index is 1.70. The molecular weight excluding hydrogens is 374 g/mol. The molecule has 0 saturated carbocycles. The predicted octanol–water partition coefficient (Wildman–Crippen LogP) is 3.91. The molecule has 144 valence electrons. The zero-order chi connectivity index (χ0) is 19.9. The average Bonchev–Trinajstić information content (AvgIpc) is 3.39. The molecular formula is C20H21N5O2S. The topological polar surface area (TPSA) is 95.1 Å². The summed E-state index contributed by atoms with van der Waals surface area (Å²) in [5, 5.41) is 22.2. The van der Waals surface area contributed by atoms with Crippen molar-refractivity contribution in [3.05, 3.63) is 53.2 Å². The lowest BCUT2D eigenvalue weighted by Gasteiger charge is -2.26. The Kier molecular flexibility index (Phi) is 6.53.